The molecule has 0 saturated carbocycles. The molecule has 13 heavy (non-hydrogen) atoms. The van der Waals surface area contributed by atoms with Crippen LogP contribution in [-0.2, 0) is 6.54 Å². The quantitative estimate of drug-likeness (QED) is 0.550. The maximum absolute atomic E-state index is 10.6. The van der Waals surface area contributed by atoms with Gasteiger partial charge < -0.3 is 5.32 Å². The molecule has 2 heteroatoms. The van der Waals surface area contributed by atoms with Crippen molar-refractivity contribution in [2.75, 3.05) is 6.54 Å². The zero-order valence-corrected chi connectivity index (χ0v) is 7.92. The molecule has 1 rings (SSSR count). The lowest BCUT2D eigenvalue weighted by molar-refractivity contribution is 0.112. The van der Waals surface area contributed by atoms with E-state index in [1.807, 2.05) is 24.3 Å². The number of rotatable bonds is 5. The van der Waals surface area contributed by atoms with Gasteiger partial charge >= 0.3 is 0 Å². The molecule has 70 valence electrons. The summed E-state index contributed by atoms with van der Waals surface area (Å²) in [7, 11) is 0. The van der Waals surface area contributed by atoms with Gasteiger partial charge in [-0.3, -0.25) is 4.79 Å². The molecule has 0 fully saturated rings. The van der Waals surface area contributed by atoms with Gasteiger partial charge in [0.15, 0.2) is 0 Å². The summed E-state index contributed by atoms with van der Waals surface area (Å²) in [5.41, 5.74) is 1.86. The molecule has 0 unspecified atom stereocenters. The summed E-state index contributed by atoms with van der Waals surface area (Å²) in [5.74, 6) is 0. The van der Waals surface area contributed by atoms with E-state index in [0.717, 1.165) is 36.9 Å². The van der Waals surface area contributed by atoms with Crippen LogP contribution in [0.25, 0.3) is 0 Å². The molecular formula is C11H15NO. The standard InChI is InChI=1S/C11H15NO/c1-2-7-12-8-10-5-3-4-6-11(10)9-13/h3-6,9,12H,2,7-8H2,1H3. The SMILES string of the molecule is CCCNCc1ccccc1C=O. The minimum Gasteiger partial charge on any atom is -0.313 e. The highest BCUT2D eigenvalue weighted by Crippen LogP contribution is 2.05. The second-order valence-corrected chi connectivity index (χ2v) is 2.99. The van der Waals surface area contributed by atoms with Crippen LogP contribution in [0.3, 0.4) is 0 Å². The lowest BCUT2D eigenvalue weighted by atomic mass is 10.1. The Morgan fingerprint density at radius 2 is 2.15 bits per heavy atom. The van der Waals surface area contributed by atoms with Gasteiger partial charge in [-0.25, -0.2) is 0 Å². The van der Waals surface area contributed by atoms with Crippen molar-refractivity contribution >= 4 is 6.29 Å². The second kappa shape index (κ2) is 5.49. The lowest BCUT2D eigenvalue weighted by Crippen LogP contribution is -2.14. The first kappa shape index (κ1) is 9.93. The molecule has 0 aliphatic carbocycles. The molecule has 0 aliphatic heterocycles. The molecule has 0 spiro atoms. The van der Waals surface area contributed by atoms with Crippen molar-refractivity contribution in [3.8, 4) is 0 Å². The number of benzene rings is 1. The highest BCUT2D eigenvalue weighted by atomic mass is 16.1. The molecular weight excluding hydrogens is 162 g/mol. The molecule has 0 atom stereocenters. The fourth-order valence-electron chi connectivity index (χ4n) is 1.21. The fraction of sp³-hybridized carbons (Fsp3) is 0.364. The molecule has 0 heterocycles. The highest BCUT2D eigenvalue weighted by molar-refractivity contribution is 5.77. The van der Waals surface area contributed by atoms with E-state index in [-0.39, 0.29) is 0 Å². The van der Waals surface area contributed by atoms with Gasteiger partial charge in [-0.2, -0.15) is 0 Å². The van der Waals surface area contributed by atoms with Crippen molar-refractivity contribution in [3.05, 3.63) is 35.4 Å². The minimum absolute atomic E-state index is 0.781. The van der Waals surface area contributed by atoms with Crippen LogP contribution in [0.15, 0.2) is 24.3 Å². The fourth-order valence-corrected chi connectivity index (χ4v) is 1.21. The average molecular weight is 177 g/mol. The third-order valence-electron chi connectivity index (χ3n) is 1.92. The van der Waals surface area contributed by atoms with Crippen molar-refractivity contribution in [2.45, 2.75) is 19.9 Å². The molecule has 1 N–H and O–H groups in total. The third-order valence-corrected chi connectivity index (χ3v) is 1.92. The number of hydrogen-bond acceptors (Lipinski definition) is 2. The number of carbonyl (C=O) groups is 1. The first-order valence-corrected chi connectivity index (χ1v) is 4.62. The van der Waals surface area contributed by atoms with Gasteiger partial charge in [-0.05, 0) is 18.5 Å². The Kier molecular flexibility index (Phi) is 4.19. The normalized spacial score (nSPS) is 9.92. The van der Waals surface area contributed by atoms with Crippen LogP contribution >= 0.6 is 0 Å². The van der Waals surface area contributed by atoms with Crippen molar-refractivity contribution in [3.63, 3.8) is 0 Å². The molecule has 1 aromatic rings. The van der Waals surface area contributed by atoms with E-state index in [4.69, 9.17) is 0 Å². The van der Waals surface area contributed by atoms with Crippen molar-refractivity contribution in [1.82, 2.24) is 5.32 Å². The Morgan fingerprint density at radius 3 is 2.85 bits per heavy atom. The van der Waals surface area contributed by atoms with Crippen LogP contribution in [0.5, 0.6) is 0 Å². The summed E-state index contributed by atoms with van der Waals surface area (Å²) >= 11 is 0. The Morgan fingerprint density at radius 1 is 1.38 bits per heavy atom. The van der Waals surface area contributed by atoms with E-state index in [9.17, 15) is 4.79 Å². The van der Waals surface area contributed by atoms with Crippen LogP contribution in [0.1, 0.15) is 29.3 Å². The number of nitrogens with one attached hydrogen (secondary N) is 1. The summed E-state index contributed by atoms with van der Waals surface area (Å²) in [6.07, 6.45) is 2.02. The third kappa shape index (κ3) is 2.99. The summed E-state index contributed by atoms with van der Waals surface area (Å²) < 4.78 is 0. The maximum Gasteiger partial charge on any atom is 0.150 e. The van der Waals surface area contributed by atoms with Gasteiger partial charge in [0.2, 0.25) is 0 Å². The van der Waals surface area contributed by atoms with Crippen LogP contribution in [0.2, 0.25) is 0 Å². The summed E-state index contributed by atoms with van der Waals surface area (Å²) in [4.78, 5) is 10.6. The first-order valence-electron chi connectivity index (χ1n) is 4.62. The monoisotopic (exact) mass is 177 g/mol. The van der Waals surface area contributed by atoms with Gasteiger partial charge in [-0.1, -0.05) is 31.2 Å². The molecule has 0 bridgehead atoms. The lowest BCUT2D eigenvalue weighted by Gasteiger charge is -2.04. The van der Waals surface area contributed by atoms with Crippen molar-refractivity contribution in [1.29, 1.82) is 0 Å². The smallest absolute Gasteiger partial charge is 0.150 e. The molecule has 0 radical (unpaired) electrons. The Hall–Kier alpha value is -1.15. The van der Waals surface area contributed by atoms with E-state index in [2.05, 4.69) is 12.2 Å². The van der Waals surface area contributed by atoms with Crippen molar-refractivity contribution < 1.29 is 4.79 Å². The topological polar surface area (TPSA) is 29.1 Å². The van der Waals surface area contributed by atoms with Gasteiger partial charge in [0, 0.05) is 12.1 Å². The summed E-state index contributed by atoms with van der Waals surface area (Å²) in [5, 5.41) is 3.27. The predicted molar refractivity (Wildman–Crippen MR) is 53.8 cm³/mol. The van der Waals surface area contributed by atoms with Crippen LogP contribution in [-0.4, -0.2) is 12.8 Å². The van der Waals surface area contributed by atoms with E-state index in [1.54, 1.807) is 0 Å². The Labute approximate surface area is 79.0 Å². The predicted octanol–water partition coefficient (Wildman–Crippen LogP) is 2.00. The number of hydrogen-bond donors (Lipinski definition) is 1. The number of aldehydes is 1. The molecule has 1 aromatic carbocycles. The van der Waals surface area contributed by atoms with Crippen LogP contribution in [0, 0.1) is 0 Å². The van der Waals surface area contributed by atoms with E-state index in [0.29, 0.717) is 0 Å². The zero-order valence-electron chi connectivity index (χ0n) is 7.92. The van der Waals surface area contributed by atoms with E-state index in [1.165, 1.54) is 0 Å². The highest BCUT2D eigenvalue weighted by Gasteiger charge is 1.98. The van der Waals surface area contributed by atoms with Gasteiger partial charge in [0.1, 0.15) is 6.29 Å². The maximum atomic E-state index is 10.6. The Bertz CT molecular complexity index is 271. The second-order valence-electron chi connectivity index (χ2n) is 2.99. The zero-order chi connectivity index (χ0) is 9.52. The summed E-state index contributed by atoms with van der Waals surface area (Å²) in [6, 6.07) is 7.66. The number of carbonyl (C=O) groups excluding carboxylic acids is 1. The molecule has 0 aliphatic rings. The van der Waals surface area contributed by atoms with Crippen LogP contribution < -0.4 is 5.32 Å². The molecule has 0 amide bonds. The van der Waals surface area contributed by atoms with E-state index >= 15 is 0 Å². The largest absolute Gasteiger partial charge is 0.313 e. The Balaban J connectivity index is 2.59. The summed E-state index contributed by atoms with van der Waals surface area (Å²) in [6.45, 7) is 3.90. The molecule has 2 nitrogen and oxygen atoms in total. The first-order chi connectivity index (χ1) is 6.38. The van der Waals surface area contributed by atoms with Crippen molar-refractivity contribution in [2.24, 2.45) is 0 Å². The molecule has 0 aromatic heterocycles. The average Bonchev–Trinajstić information content (AvgIpc) is 2.19. The van der Waals surface area contributed by atoms with Gasteiger partial charge in [0.25, 0.3) is 0 Å². The van der Waals surface area contributed by atoms with E-state index < -0.39 is 0 Å². The molecule has 0 saturated heterocycles. The van der Waals surface area contributed by atoms with Crippen LogP contribution in [0.4, 0.5) is 0 Å². The van der Waals surface area contributed by atoms with Gasteiger partial charge in [0.05, 0.1) is 0 Å². The van der Waals surface area contributed by atoms with Gasteiger partial charge in [-0.15, -0.1) is 0 Å². The minimum atomic E-state index is 0.781.